The fourth-order valence-electron chi connectivity index (χ4n) is 0.975. The predicted octanol–water partition coefficient (Wildman–Crippen LogP) is -0.0891. The first kappa shape index (κ1) is 12.8. The lowest BCUT2D eigenvalue weighted by Gasteiger charge is -2.06. The fraction of sp³-hybridized carbons (Fsp3) is 0.625. The van der Waals surface area contributed by atoms with Crippen LogP contribution < -0.4 is 4.90 Å². The van der Waals surface area contributed by atoms with Crippen molar-refractivity contribution in [1.29, 1.82) is 0 Å². The molecule has 0 atom stereocenters. The van der Waals surface area contributed by atoms with Crippen LogP contribution in [0.2, 0.25) is 0 Å². The molecule has 0 bridgehead atoms. The van der Waals surface area contributed by atoms with E-state index in [0.717, 1.165) is 18.5 Å². The van der Waals surface area contributed by atoms with Crippen LogP contribution in [-0.2, 0) is 5.75 Å². The van der Waals surface area contributed by atoms with Crippen molar-refractivity contribution < 1.29 is 14.7 Å². The highest BCUT2D eigenvalue weighted by Gasteiger charge is 2.16. The molecule has 8 heteroatoms. The van der Waals surface area contributed by atoms with Gasteiger partial charge in [-0.15, -0.1) is 0 Å². The smallest absolute Gasteiger partial charge is 0.243 e. The number of thioether (sulfide) groups is 1. The first-order chi connectivity index (χ1) is 7.65. The summed E-state index contributed by atoms with van der Waals surface area (Å²) in [5.41, 5.74) is 0.622. The molecule has 16 heavy (non-hydrogen) atoms. The lowest BCUT2D eigenvalue weighted by atomic mass is 10.4. The van der Waals surface area contributed by atoms with Crippen LogP contribution in [0.1, 0.15) is 11.4 Å². The number of hydrogen-bond donors (Lipinski definition) is 1. The molecule has 1 aromatic rings. The molecule has 0 saturated carbocycles. The summed E-state index contributed by atoms with van der Waals surface area (Å²) in [6, 6.07) is 0. The van der Waals surface area contributed by atoms with Gasteiger partial charge in [-0.05, 0) is 19.0 Å². The highest BCUT2D eigenvalue weighted by Crippen LogP contribution is 2.11. The highest BCUT2D eigenvalue weighted by atomic mass is 32.2. The van der Waals surface area contributed by atoms with Gasteiger partial charge in [0, 0.05) is 17.5 Å². The minimum atomic E-state index is 0.139. The molecule has 0 amide bonds. The van der Waals surface area contributed by atoms with Gasteiger partial charge >= 0.3 is 0 Å². The van der Waals surface area contributed by atoms with Crippen LogP contribution >= 0.6 is 11.8 Å². The lowest BCUT2D eigenvalue weighted by Crippen LogP contribution is -2.28. The van der Waals surface area contributed by atoms with Gasteiger partial charge in [-0.2, -0.15) is 11.8 Å². The van der Waals surface area contributed by atoms with Crippen LogP contribution in [0.5, 0.6) is 0 Å². The van der Waals surface area contributed by atoms with E-state index in [2.05, 4.69) is 19.8 Å². The van der Waals surface area contributed by atoms with E-state index < -0.39 is 0 Å². The SMILES string of the molecule is CN(C)CCSCc1no[n+]([O-])c1/C=N/O. The number of hydrogen-bond acceptors (Lipinski definition) is 7. The molecular weight excluding hydrogens is 232 g/mol. The van der Waals surface area contributed by atoms with Gasteiger partial charge in [-0.3, -0.25) is 4.63 Å². The summed E-state index contributed by atoms with van der Waals surface area (Å²) in [4.78, 5) is 2.29. The summed E-state index contributed by atoms with van der Waals surface area (Å²) in [5, 5.41) is 25.8. The average molecular weight is 246 g/mol. The summed E-state index contributed by atoms with van der Waals surface area (Å²) in [7, 11) is 3.98. The van der Waals surface area contributed by atoms with E-state index in [-0.39, 0.29) is 10.6 Å². The van der Waals surface area contributed by atoms with Crippen molar-refractivity contribution in [1.82, 2.24) is 10.1 Å². The Kier molecular flexibility index (Phi) is 5.06. The van der Waals surface area contributed by atoms with Crippen molar-refractivity contribution >= 4 is 18.0 Å². The van der Waals surface area contributed by atoms with Crippen LogP contribution in [0.15, 0.2) is 9.78 Å². The monoisotopic (exact) mass is 246 g/mol. The number of rotatable bonds is 6. The highest BCUT2D eigenvalue weighted by molar-refractivity contribution is 7.98. The van der Waals surface area contributed by atoms with Crippen molar-refractivity contribution in [2.75, 3.05) is 26.4 Å². The van der Waals surface area contributed by atoms with Crippen molar-refractivity contribution in [2.45, 2.75) is 5.75 Å². The van der Waals surface area contributed by atoms with E-state index in [4.69, 9.17) is 5.21 Å². The maximum Gasteiger partial charge on any atom is 0.243 e. The Labute approximate surface area is 97.2 Å². The Bertz CT molecular complexity index is 353. The molecule has 0 saturated heterocycles. The summed E-state index contributed by atoms with van der Waals surface area (Å²) >= 11 is 1.63. The third kappa shape index (κ3) is 3.70. The van der Waals surface area contributed by atoms with Gasteiger partial charge < -0.3 is 15.3 Å². The summed E-state index contributed by atoms with van der Waals surface area (Å²) in [6.07, 6.45) is 1.02. The zero-order chi connectivity index (χ0) is 12.0. The maximum absolute atomic E-state index is 11.0. The molecule has 1 aromatic heterocycles. The first-order valence-corrected chi connectivity index (χ1v) is 5.79. The van der Waals surface area contributed by atoms with Crippen molar-refractivity contribution in [3.63, 3.8) is 0 Å². The van der Waals surface area contributed by atoms with Crippen LogP contribution in [-0.4, -0.2) is 47.9 Å². The first-order valence-electron chi connectivity index (χ1n) is 4.63. The van der Waals surface area contributed by atoms with E-state index in [1.807, 2.05) is 14.1 Å². The molecular formula is C8H14N4O3S. The molecule has 0 aliphatic carbocycles. The van der Waals surface area contributed by atoms with Crippen LogP contribution in [0.3, 0.4) is 0 Å². The number of nitrogens with zero attached hydrogens (tertiary/aromatic N) is 4. The fourth-order valence-corrected chi connectivity index (χ4v) is 2.01. The van der Waals surface area contributed by atoms with E-state index in [9.17, 15) is 5.21 Å². The summed E-state index contributed by atoms with van der Waals surface area (Å²) < 4.78 is 4.41. The van der Waals surface area contributed by atoms with Crippen molar-refractivity contribution in [3.8, 4) is 0 Å². The Morgan fingerprint density at radius 3 is 3.06 bits per heavy atom. The molecule has 0 unspecified atom stereocenters. The number of oxime groups is 1. The largest absolute Gasteiger partial charge is 0.411 e. The second-order valence-corrected chi connectivity index (χ2v) is 4.47. The summed E-state index contributed by atoms with van der Waals surface area (Å²) in [6.45, 7) is 0.948. The van der Waals surface area contributed by atoms with Crippen LogP contribution in [0, 0.1) is 5.21 Å². The molecule has 0 fully saturated rings. The molecule has 7 nitrogen and oxygen atoms in total. The van der Waals surface area contributed by atoms with E-state index >= 15 is 0 Å². The minimum Gasteiger partial charge on any atom is -0.411 e. The standard InChI is InChI=1S/C8H14N4O3S/c1-11(2)3-4-16-6-7-8(5-9-13)12(14)15-10-7/h5,13H,3-4,6H2,1-2H3/b9-5+. The Hall–Kier alpha value is -1.28. The Balaban J connectivity index is 2.47. The van der Waals surface area contributed by atoms with Gasteiger partial charge in [-0.25, -0.2) is 0 Å². The normalized spacial score (nSPS) is 11.7. The van der Waals surface area contributed by atoms with Crippen molar-refractivity contribution in [2.24, 2.45) is 5.16 Å². The van der Waals surface area contributed by atoms with Gasteiger partial charge in [0.15, 0.2) is 0 Å². The molecule has 0 radical (unpaired) electrons. The van der Waals surface area contributed by atoms with E-state index in [1.54, 1.807) is 11.8 Å². The maximum atomic E-state index is 11.0. The van der Waals surface area contributed by atoms with Crippen LogP contribution in [0.25, 0.3) is 0 Å². The molecule has 90 valence electrons. The topological polar surface area (TPSA) is 88.8 Å². The third-order valence-electron chi connectivity index (χ3n) is 1.82. The minimum absolute atomic E-state index is 0.139. The zero-order valence-electron chi connectivity index (χ0n) is 9.16. The quantitative estimate of drug-likeness (QED) is 0.248. The second-order valence-electron chi connectivity index (χ2n) is 3.36. The Morgan fingerprint density at radius 2 is 2.44 bits per heavy atom. The zero-order valence-corrected chi connectivity index (χ0v) is 9.98. The molecule has 0 aromatic carbocycles. The van der Waals surface area contributed by atoms with E-state index in [0.29, 0.717) is 11.4 Å². The Morgan fingerprint density at radius 1 is 1.69 bits per heavy atom. The van der Waals surface area contributed by atoms with Gasteiger partial charge in [0.25, 0.3) is 0 Å². The molecule has 0 aliphatic heterocycles. The van der Waals surface area contributed by atoms with Gasteiger partial charge in [0.1, 0.15) is 6.21 Å². The lowest BCUT2D eigenvalue weighted by molar-refractivity contribution is -0.803. The number of aromatic nitrogens is 2. The second kappa shape index (κ2) is 6.33. The molecule has 1 N–H and O–H groups in total. The van der Waals surface area contributed by atoms with Crippen LogP contribution in [0.4, 0.5) is 0 Å². The molecule has 0 spiro atoms. The molecule has 1 rings (SSSR count). The summed E-state index contributed by atoms with van der Waals surface area (Å²) in [5.74, 6) is 1.47. The molecule has 1 heterocycles. The van der Waals surface area contributed by atoms with Crippen molar-refractivity contribution in [3.05, 3.63) is 16.6 Å². The van der Waals surface area contributed by atoms with Gasteiger partial charge in [-0.1, -0.05) is 5.16 Å². The van der Waals surface area contributed by atoms with Gasteiger partial charge in [0.2, 0.25) is 11.4 Å². The van der Waals surface area contributed by atoms with Gasteiger partial charge in [0.05, 0.1) is 5.75 Å². The van der Waals surface area contributed by atoms with E-state index in [1.165, 1.54) is 0 Å². The predicted molar refractivity (Wildman–Crippen MR) is 59.6 cm³/mol. The average Bonchev–Trinajstić information content (AvgIpc) is 2.56. The third-order valence-corrected chi connectivity index (χ3v) is 2.77. The molecule has 0 aliphatic rings.